The third-order valence-electron chi connectivity index (χ3n) is 6.84. The van der Waals surface area contributed by atoms with Gasteiger partial charge in [0.2, 0.25) is 6.79 Å². The van der Waals surface area contributed by atoms with Crippen LogP contribution in [0.3, 0.4) is 0 Å². The van der Waals surface area contributed by atoms with Crippen LogP contribution in [0.5, 0.6) is 11.5 Å². The minimum absolute atomic E-state index is 0.145. The topological polar surface area (TPSA) is 111 Å². The Morgan fingerprint density at radius 1 is 1.11 bits per heavy atom. The summed E-state index contributed by atoms with van der Waals surface area (Å²) >= 11 is 0. The number of nitrogens with one attached hydrogen (secondary N) is 1. The monoisotopic (exact) mass is 507 g/mol. The summed E-state index contributed by atoms with van der Waals surface area (Å²) in [5.74, 6) is 1.52. The van der Waals surface area contributed by atoms with Crippen LogP contribution in [-0.2, 0) is 11.3 Å². The second kappa shape index (κ2) is 9.79. The van der Waals surface area contributed by atoms with Gasteiger partial charge in [0, 0.05) is 50.3 Å². The summed E-state index contributed by atoms with van der Waals surface area (Å²) in [6.07, 6.45) is 0. The van der Waals surface area contributed by atoms with Crippen molar-refractivity contribution in [1.82, 2.24) is 30.1 Å². The predicted molar refractivity (Wildman–Crippen MR) is 132 cm³/mol. The van der Waals surface area contributed by atoms with E-state index in [0.29, 0.717) is 73.4 Å². The van der Waals surface area contributed by atoms with Crippen LogP contribution in [-0.4, -0.2) is 76.8 Å². The van der Waals surface area contributed by atoms with E-state index in [4.69, 9.17) is 14.2 Å². The molecule has 1 atom stereocenters. The molecule has 1 fully saturated rings. The molecule has 2 aliphatic heterocycles. The number of aromatic nitrogens is 5. The molecule has 0 amide bonds. The maximum Gasteiger partial charge on any atom is 0.253 e. The van der Waals surface area contributed by atoms with Crippen LogP contribution >= 0.6 is 0 Å². The molecule has 0 bridgehead atoms. The van der Waals surface area contributed by atoms with Gasteiger partial charge in [0.15, 0.2) is 17.3 Å². The van der Waals surface area contributed by atoms with E-state index in [9.17, 15) is 9.18 Å². The van der Waals surface area contributed by atoms with Crippen molar-refractivity contribution in [3.63, 3.8) is 0 Å². The molecule has 1 N–H and O–H groups in total. The van der Waals surface area contributed by atoms with Crippen LogP contribution in [0.15, 0.2) is 47.3 Å². The van der Waals surface area contributed by atoms with E-state index in [1.54, 1.807) is 30.0 Å². The van der Waals surface area contributed by atoms with Crippen molar-refractivity contribution in [3.05, 3.63) is 70.0 Å². The number of piperazine rings is 1. The van der Waals surface area contributed by atoms with Gasteiger partial charge in [-0.3, -0.25) is 9.69 Å². The zero-order chi connectivity index (χ0) is 25.4. The fourth-order valence-electron chi connectivity index (χ4n) is 4.99. The van der Waals surface area contributed by atoms with Crippen molar-refractivity contribution in [1.29, 1.82) is 0 Å². The lowest BCUT2D eigenvalue weighted by Crippen LogP contribution is -2.49. The minimum Gasteiger partial charge on any atom is -0.454 e. The average Bonchev–Trinajstić information content (AvgIpc) is 3.57. The zero-order valence-corrected chi connectivity index (χ0v) is 20.3. The van der Waals surface area contributed by atoms with E-state index < -0.39 is 6.04 Å². The number of aromatic amines is 1. The number of methoxy groups -OCH3 is 1. The molecule has 0 spiro atoms. The molecule has 12 heteroatoms. The number of hydrogen-bond donors (Lipinski definition) is 1. The first kappa shape index (κ1) is 23.4. The molecule has 0 saturated carbocycles. The molecule has 1 saturated heterocycles. The Morgan fingerprint density at radius 3 is 2.68 bits per heavy atom. The van der Waals surface area contributed by atoms with Gasteiger partial charge in [-0.1, -0.05) is 12.1 Å². The Balaban J connectivity index is 1.38. The van der Waals surface area contributed by atoms with Gasteiger partial charge >= 0.3 is 0 Å². The summed E-state index contributed by atoms with van der Waals surface area (Å²) in [5.41, 5.74) is 1.50. The fourth-order valence-corrected chi connectivity index (χ4v) is 4.99. The van der Waals surface area contributed by atoms with Crippen LogP contribution in [0.1, 0.15) is 17.4 Å². The number of anilines is 1. The van der Waals surface area contributed by atoms with Gasteiger partial charge in [0.1, 0.15) is 11.9 Å². The quantitative estimate of drug-likeness (QED) is 0.401. The highest BCUT2D eigenvalue weighted by atomic mass is 19.1. The first-order valence-corrected chi connectivity index (χ1v) is 12.1. The highest BCUT2D eigenvalue weighted by Crippen LogP contribution is 2.36. The first-order valence-electron chi connectivity index (χ1n) is 12.1. The maximum absolute atomic E-state index is 14.4. The lowest BCUT2D eigenvalue weighted by Gasteiger charge is -2.39. The predicted octanol–water partition coefficient (Wildman–Crippen LogP) is 1.94. The van der Waals surface area contributed by atoms with Crippen molar-refractivity contribution in [2.24, 2.45) is 0 Å². The van der Waals surface area contributed by atoms with E-state index >= 15 is 0 Å². The number of tetrazole rings is 1. The molecule has 4 heterocycles. The molecule has 37 heavy (non-hydrogen) atoms. The zero-order valence-electron chi connectivity index (χ0n) is 20.3. The Hall–Kier alpha value is -4.03. The molecule has 2 aromatic carbocycles. The molecule has 11 nitrogen and oxygen atoms in total. The number of fused-ring (bicyclic) bond motifs is 2. The summed E-state index contributed by atoms with van der Waals surface area (Å²) in [7, 11) is 1.61. The lowest BCUT2D eigenvalue weighted by molar-refractivity contribution is 0.171. The number of ether oxygens (including phenoxy) is 3. The summed E-state index contributed by atoms with van der Waals surface area (Å²) in [6, 6.07) is 11.7. The Morgan fingerprint density at radius 2 is 1.89 bits per heavy atom. The van der Waals surface area contributed by atoms with Crippen LogP contribution in [0, 0.1) is 5.82 Å². The largest absolute Gasteiger partial charge is 0.454 e. The second-order valence-electron chi connectivity index (χ2n) is 8.98. The third-order valence-corrected chi connectivity index (χ3v) is 6.84. The molecule has 192 valence electrons. The SMILES string of the molecule is COCCn1nnnc1[C@H](c1cc2cc3c(cc2[nH]c1=O)OCO3)N1CCN(c2ccccc2F)CC1. The van der Waals surface area contributed by atoms with Gasteiger partial charge in [0.25, 0.3) is 5.56 Å². The van der Waals surface area contributed by atoms with Crippen LogP contribution < -0.4 is 19.9 Å². The Kier molecular flexibility index (Phi) is 6.18. The summed E-state index contributed by atoms with van der Waals surface area (Å²) in [6.45, 7) is 3.33. The third kappa shape index (κ3) is 4.38. The summed E-state index contributed by atoms with van der Waals surface area (Å²) in [5, 5.41) is 13.2. The number of halogens is 1. The molecular formula is C25H26FN7O4. The Bertz CT molecular complexity index is 1480. The highest BCUT2D eigenvalue weighted by molar-refractivity contribution is 5.83. The first-order chi connectivity index (χ1) is 18.1. The molecule has 0 unspecified atom stereocenters. The number of nitrogens with zero attached hydrogens (tertiary/aromatic N) is 6. The van der Waals surface area contributed by atoms with E-state index in [-0.39, 0.29) is 18.2 Å². The molecular weight excluding hydrogens is 481 g/mol. The number of pyridine rings is 1. The highest BCUT2D eigenvalue weighted by Gasteiger charge is 2.33. The number of hydrogen-bond acceptors (Lipinski definition) is 9. The van der Waals surface area contributed by atoms with Gasteiger partial charge in [-0.05, 0) is 34.7 Å². The van der Waals surface area contributed by atoms with Crippen molar-refractivity contribution in [2.75, 3.05) is 51.6 Å². The van der Waals surface area contributed by atoms with Gasteiger partial charge in [-0.15, -0.1) is 5.10 Å². The normalized spacial score (nSPS) is 16.4. The van der Waals surface area contributed by atoms with E-state index in [1.165, 1.54) is 6.07 Å². The minimum atomic E-state index is -0.520. The number of rotatable bonds is 7. The summed E-state index contributed by atoms with van der Waals surface area (Å²) < 4.78 is 32.3. The molecule has 2 aromatic heterocycles. The van der Waals surface area contributed by atoms with Crippen LogP contribution in [0.25, 0.3) is 10.9 Å². The molecule has 2 aliphatic rings. The maximum atomic E-state index is 14.4. The van der Waals surface area contributed by atoms with Gasteiger partial charge in [0.05, 0.1) is 24.4 Å². The summed E-state index contributed by atoms with van der Waals surface area (Å²) in [4.78, 5) is 20.6. The van der Waals surface area contributed by atoms with Crippen LogP contribution in [0.2, 0.25) is 0 Å². The molecule has 0 aliphatic carbocycles. The second-order valence-corrected chi connectivity index (χ2v) is 8.98. The van der Waals surface area contributed by atoms with Gasteiger partial charge in [-0.25, -0.2) is 9.07 Å². The molecule has 4 aromatic rings. The smallest absolute Gasteiger partial charge is 0.253 e. The van der Waals surface area contributed by atoms with E-state index in [0.717, 1.165) is 5.39 Å². The number of H-pyrrole nitrogens is 1. The average molecular weight is 508 g/mol. The van der Waals surface area contributed by atoms with Crippen molar-refractivity contribution >= 4 is 16.6 Å². The Labute approximate surface area is 211 Å². The fraction of sp³-hybridized carbons (Fsp3) is 0.360. The van der Waals surface area contributed by atoms with E-state index in [1.807, 2.05) is 23.1 Å². The lowest BCUT2D eigenvalue weighted by atomic mass is 10.0. The van der Waals surface area contributed by atoms with Gasteiger partial charge in [-0.2, -0.15) is 0 Å². The van der Waals surface area contributed by atoms with Gasteiger partial charge < -0.3 is 24.1 Å². The molecule has 6 rings (SSSR count). The van der Waals surface area contributed by atoms with Crippen molar-refractivity contribution < 1.29 is 18.6 Å². The number of para-hydroxylation sites is 1. The molecule has 0 radical (unpaired) electrons. The van der Waals surface area contributed by atoms with Crippen LogP contribution in [0.4, 0.5) is 10.1 Å². The van der Waals surface area contributed by atoms with E-state index in [2.05, 4.69) is 25.4 Å². The standard InChI is InChI=1S/C25H26FN7O4/c1-35-11-10-33-24(28-29-30-33)23(32-8-6-31(7-9-32)20-5-3-2-4-18(20)26)17-12-16-13-21-22(37-15-36-21)14-19(16)27-25(17)34/h2-5,12-14,23H,6-11,15H2,1H3,(H,27,34)/t23-/m0/s1. The van der Waals surface area contributed by atoms with Crippen molar-refractivity contribution in [2.45, 2.75) is 12.6 Å². The van der Waals surface area contributed by atoms with Crippen molar-refractivity contribution in [3.8, 4) is 11.5 Å². The number of benzene rings is 2.